The number of ether oxygens (including phenoxy) is 1. The lowest BCUT2D eigenvalue weighted by molar-refractivity contribution is -0.141. The topological polar surface area (TPSA) is 74.0 Å². The number of benzene rings is 1. The van der Waals surface area contributed by atoms with Gasteiger partial charge >= 0.3 is 6.18 Å². The summed E-state index contributed by atoms with van der Waals surface area (Å²) in [4.78, 5) is 12.7. The fraction of sp³-hybridized carbons (Fsp3) is 0.381. The minimum Gasteiger partial charge on any atom is -0.497 e. The third kappa shape index (κ3) is 4.73. The molecule has 164 valence electrons. The lowest BCUT2D eigenvalue weighted by atomic mass is 10.2. The van der Waals surface area contributed by atoms with Crippen molar-refractivity contribution in [2.24, 2.45) is 0 Å². The SMILES string of the molecule is COc1cccc(Cn2cc(NC(=O)C(C)n3nc(C(F)(F)F)cc3C3CC3)cn2)c1. The first kappa shape index (κ1) is 21.0. The quantitative estimate of drug-likeness (QED) is 0.605. The first-order valence-corrected chi connectivity index (χ1v) is 9.87. The molecule has 0 radical (unpaired) electrons. The normalized spacial score (nSPS) is 15.0. The van der Waals surface area contributed by atoms with Gasteiger partial charge in [-0.1, -0.05) is 12.1 Å². The molecule has 2 aromatic heterocycles. The predicted octanol–water partition coefficient (Wildman–Crippen LogP) is 4.23. The van der Waals surface area contributed by atoms with E-state index in [4.69, 9.17) is 4.74 Å². The molecule has 1 aliphatic carbocycles. The fourth-order valence-electron chi connectivity index (χ4n) is 3.37. The highest BCUT2D eigenvalue weighted by Crippen LogP contribution is 2.43. The van der Waals surface area contributed by atoms with Crippen LogP contribution in [0, 0.1) is 0 Å². The van der Waals surface area contributed by atoms with E-state index in [2.05, 4.69) is 15.5 Å². The Morgan fingerprint density at radius 3 is 2.77 bits per heavy atom. The van der Waals surface area contributed by atoms with Gasteiger partial charge in [0, 0.05) is 17.8 Å². The van der Waals surface area contributed by atoms with Gasteiger partial charge in [0.25, 0.3) is 0 Å². The van der Waals surface area contributed by atoms with Crippen molar-refractivity contribution in [3.63, 3.8) is 0 Å². The summed E-state index contributed by atoms with van der Waals surface area (Å²) in [6, 6.07) is 7.69. The molecule has 1 saturated carbocycles. The van der Waals surface area contributed by atoms with Crippen LogP contribution < -0.4 is 10.1 Å². The van der Waals surface area contributed by atoms with Crippen molar-refractivity contribution < 1.29 is 22.7 Å². The largest absolute Gasteiger partial charge is 0.497 e. The Labute approximate surface area is 176 Å². The molecule has 1 atom stereocenters. The summed E-state index contributed by atoms with van der Waals surface area (Å²) >= 11 is 0. The van der Waals surface area contributed by atoms with E-state index < -0.39 is 23.8 Å². The van der Waals surface area contributed by atoms with Gasteiger partial charge in [0.1, 0.15) is 11.8 Å². The highest BCUT2D eigenvalue weighted by atomic mass is 19.4. The molecule has 10 heteroatoms. The van der Waals surface area contributed by atoms with E-state index in [1.54, 1.807) is 18.0 Å². The summed E-state index contributed by atoms with van der Waals surface area (Å²) in [6.07, 6.45) is 0.210. The molecule has 0 saturated heterocycles. The monoisotopic (exact) mass is 433 g/mol. The maximum atomic E-state index is 13.1. The van der Waals surface area contributed by atoms with Gasteiger partial charge < -0.3 is 10.1 Å². The number of hydrogen-bond acceptors (Lipinski definition) is 4. The molecule has 1 fully saturated rings. The van der Waals surface area contributed by atoms with Crippen molar-refractivity contribution >= 4 is 11.6 Å². The number of carbonyl (C=O) groups is 1. The molecule has 4 rings (SSSR count). The fourth-order valence-corrected chi connectivity index (χ4v) is 3.37. The van der Waals surface area contributed by atoms with Crippen LogP contribution >= 0.6 is 0 Å². The number of hydrogen-bond donors (Lipinski definition) is 1. The molecule has 0 aliphatic heterocycles. The highest BCUT2D eigenvalue weighted by molar-refractivity contribution is 5.93. The van der Waals surface area contributed by atoms with Crippen LogP contribution in [0.1, 0.15) is 48.7 Å². The summed E-state index contributed by atoms with van der Waals surface area (Å²) < 4.78 is 47.4. The third-order valence-corrected chi connectivity index (χ3v) is 5.18. The van der Waals surface area contributed by atoms with E-state index >= 15 is 0 Å². The van der Waals surface area contributed by atoms with Gasteiger partial charge in [-0.2, -0.15) is 23.4 Å². The Balaban J connectivity index is 1.46. The van der Waals surface area contributed by atoms with Crippen LogP contribution in [0.5, 0.6) is 5.75 Å². The number of anilines is 1. The smallest absolute Gasteiger partial charge is 0.435 e. The molecule has 0 bridgehead atoms. The number of alkyl halides is 3. The number of amides is 1. The zero-order valence-corrected chi connectivity index (χ0v) is 17.1. The van der Waals surface area contributed by atoms with Crippen molar-refractivity contribution in [2.75, 3.05) is 12.4 Å². The van der Waals surface area contributed by atoms with Crippen LogP contribution in [0.25, 0.3) is 0 Å². The summed E-state index contributed by atoms with van der Waals surface area (Å²) in [6.45, 7) is 2.01. The van der Waals surface area contributed by atoms with E-state index in [0.717, 1.165) is 30.2 Å². The first-order valence-electron chi connectivity index (χ1n) is 9.87. The lowest BCUT2D eigenvalue weighted by Gasteiger charge is -2.15. The molecule has 0 spiro atoms. The van der Waals surface area contributed by atoms with E-state index in [1.807, 2.05) is 24.3 Å². The molecule has 1 N–H and O–H groups in total. The second kappa shape index (κ2) is 8.09. The molecule has 7 nitrogen and oxygen atoms in total. The van der Waals surface area contributed by atoms with E-state index in [0.29, 0.717) is 17.9 Å². The molecule has 1 aromatic carbocycles. The van der Waals surface area contributed by atoms with Crippen LogP contribution in [0.3, 0.4) is 0 Å². The van der Waals surface area contributed by atoms with Gasteiger partial charge in [-0.25, -0.2) is 0 Å². The van der Waals surface area contributed by atoms with Crippen LogP contribution in [-0.4, -0.2) is 32.6 Å². The van der Waals surface area contributed by atoms with Crippen LogP contribution in [0.4, 0.5) is 18.9 Å². The lowest BCUT2D eigenvalue weighted by Crippen LogP contribution is -2.26. The average Bonchev–Trinajstić information content (AvgIpc) is 3.31. The van der Waals surface area contributed by atoms with Gasteiger partial charge in [-0.3, -0.25) is 14.2 Å². The minimum atomic E-state index is -4.55. The molecular formula is C21H22F3N5O2. The number of halogens is 3. The molecule has 31 heavy (non-hydrogen) atoms. The Hall–Kier alpha value is -3.30. The molecule has 1 amide bonds. The van der Waals surface area contributed by atoms with E-state index in [-0.39, 0.29) is 5.92 Å². The molecular weight excluding hydrogens is 411 g/mol. The van der Waals surface area contributed by atoms with Crippen LogP contribution in [0.15, 0.2) is 42.7 Å². The third-order valence-electron chi connectivity index (χ3n) is 5.18. The summed E-state index contributed by atoms with van der Waals surface area (Å²) in [5.41, 5.74) is 0.902. The average molecular weight is 433 g/mol. The standard InChI is InChI=1S/C21H22F3N5O2/c1-13(29-18(15-6-7-15)9-19(27-29)21(22,23)24)20(30)26-16-10-25-28(12-16)11-14-4-3-5-17(8-14)31-2/h3-5,8-10,12-13,15H,6-7,11H2,1-2H3,(H,26,30). The maximum Gasteiger partial charge on any atom is 0.435 e. The number of nitrogens with zero attached hydrogens (tertiary/aromatic N) is 4. The first-order chi connectivity index (χ1) is 14.7. The summed E-state index contributed by atoms with van der Waals surface area (Å²) in [5.74, 6) is 0.292. The number of rotatable bonds is 7. The van der Waals surface area contributed by atoms with Crippen molar-refractivity contribution in [1.82, 2.24) is 19.6 Å². The Kier molecular flexibility index (Phi) is 5.47. The van der Waals surface area contributed by atoms with Crippen molar-refractivity contribution in [3.05, 3.63) is 59.7 Å². The van der Waals surface area contributed by atoms with Crippen molar-refractivity contribution in [3.8, 4) is 5.75 Å². The van der Waals surface area contributed by atoms with Gasteiger partial charge in [0.15, 0.2) is 5.69 Å². The second-order valence-electron chi connectivity index (χ2n) is 7.61. The Morgan fingerprint density at radius 1 is 1.32 bits per heavy atom. The van der Waals surface area contributed by atoms with Gasteiger partial charge in [-0.15, -0.1) is 0 Å². The second-order valence-corrected chi connectivity index (χ2v) is 7.61. The zero-order valence-electron chi connectivity index (χ0n) is 17.1. The zero-order chi connectivity index (χ0) is 22.2. The number of nitrogens with one attached hydrogen (secondary N) is 1. The summed E-state index contributed by atoms with van der Waals surface area (Å²) in [5, 5.41) is 10.6. The number of methoxy groups -OCH3 is 1. The Bertz CT molecular complexity index is 1080. The summed E-state index contributed by atoms with van der Waals surface area (Å²) in [7, 11) is 1.59. The van der Waals surface area contributed by atoms with Gasteiger partial charge in [0.2, 0.25) is 5.91 Å². The molecule has 3 aromatic rings. The molecule has 1 aliphatic rings. The van der Waals surface area contributed by atoms with Crippen LogP contribution in [0.2, 0.25) is 0 Å². The van der Waals surface area contributed by atoms with E-state index in [1.165, 1.54) is 17.8 Å². The maximum absolute atomic E-state index is 13.1. The van der Waals surface area contributed by atoms with E-state index in [9.17, 15) is 18.0 Å². The minimum absolute atomic E-state index is 0.0180. The number of carbonyl (C=O) groups excluding carboxylic acids is 1. The molecule has 2 heterocycles. The van der Waals surface area contributed by atoms with Crippen molar-refractivity contribution in [1.29, 1.82) is 0 Å². The van der Waals surface area contributed by atoms with Crippen LogP contribution in [-0.2, 0) is 17.5 Å². The Morgan fingerprint density at radius 2 is 2.10 bits per heavy atom. The van der Waals surface area contributed by atoms with Crippen molar-refractivity contribution in [2.45, 2.75) is 44.4 Å². The highest BCUT2D eigenvalue weighted by Gasteiger charge is 2.39. The van der Waals surface area contributed by atoms with Gasteiger partial charge in [-0.05, 0) is 43.5 Å². The van der Waals surface area contributed by atoms with Gasteiger partial charge in [0.05, 0.1) is 25.5 Å². The molecule has 1 unspecified atom stereocenters. The number of aromatic nitrogens is 4. The predicted molar refractivity (Wildman–Crippen MR) is 107 cm³/mol.